The van der Waals surface area contributed by atoms with Gasteiger partial charge in [0.05, 0.1) is 0 Å². The number of carbonyl (C=O) groups excluding carboxylic acids is 1. The number of likely N-dealkylation sites (N-methyl/N-ethyl adjacent to an activating group) is 1. The van der Waals surface area contributed by atoms with Gasteiger partial charge in [0, 0.05) is 43.0 Å². The summed E-state index contributed by atoms with van der Waals surface area (Å²) < 4.78 is 0. The highest BCUT2D eigenvalue weighted by Crippen LogP contribution is 2.26. The molecule has 0 spiro atoms. The highest BCUT2D eigenvalue weighted by molar-refractivity contribution is 7.10. The van der Waals surface area contributed by atoms with E-state index in [0.29, 0.717) is 19.0 Å². The van der Waals surface area contributed by atoms with Crippen LogP contribution in [0.2, 0.25) is 0 Å². The lowest BCUT2D eigenvalue weighted by molar-refractivity contribution is -0.131. The number of rotatable bonds is 6. The molecule has 4 nitrogen and oxygen atoms in total. The Morgan fingerprint density at radius 3 is 2.75 bits per heavy atom. The maximum absolute atomic E-state index is 12.3. The molecule has 1 amide bonds. The van der Waals surface area contributed by atoms with Crippen LogP contribution in [-0.4, -0.2) is 48.4 Å². The molecule has 1 saturated heterocycles. The maximum atomic E-state index is 12.3. The molecule has 5 heteroatoms. The first-order valence-corrected chi connectivity index (χ1v) is 8.24. The lowest BCUT2D eigenvalue weighted by Gasteiger charge is -2.32. The summed E-state index contributed by atoms with van der Waals surface area (Å²) in [4.78, 5) is 17.8. The number of carbonyl (C=O) groups is 1. The topological polar surface area (TPSA) is 49.6 Å². The number of likely N-dealkylation sites (tertiary alicyclic amines) is 1. The van der Waals surface area contributed by atoms with Gasteiger partial charge in [-0.1, -0.05) is 6.07 Å². The molecular weight excluding hydrogens is 270 g/mol. The first-order chi connectivity index (χ1) is 9.63. The van der Waals surface area contributed by atoms with E-state index in [-0.39, 0.29) is 11.9 Å². The Labute approximate surface area is 125 Å². The summed E-state index contributed by atoms with van der Waals surface area (Å²) in [5.41, 5.74) is 5.90. The van der Waals surface area contributed by atoms with E-state index in [1.807, 2.05) is 4.90 Å². The predicted octanol–water partition coefficient (Wildman–Crippen LogP) is 2.08. The Kier molecular flexibility index (Phi) is 5.57. The van der Waals surface area contributed by atoms with Crippen LogP contribution in [0.5, 0.6) is 0 Å². The summed E-state index contributed by atoms with van der Waals surface area (Å²) in [6, 6.07) is 4.62. The summed E-state index contributed by atoms with van der Waals surface area (Å²) in [5, 5.41) is 2.09. The second-order valence-electron chi connectivity index (χ2n) is 5.54. The van der Waals surface area contributed by atoms with E-state index in [4.69, 9.17) is 5.73 Å². The average Bonchev–Trinajstić information content (AvgIpc) is 3.15. The second-order valence-corrected chi connectivity index (χ2v) is 6.52. The van der Waals surface area contributed by atoms with E-state index >= 15 is 0 Å². The third-order valence-electron chi connectivity index (χ3n) is 4.28. The number of thiophene rings is 1. The van der Waals surface area contributed by atoms with E-state index in [1.165, 1.54) is 4.88 Å². The molecule has 112 valence electrons. The van der Waals surface area contributed by atoms with Crippen molar-refractivity contribution in [3.63, 3.8) is 0 Å². The smallest absolute Gasteiger partial charge is 0.224 e. The van der Waals surface area contributed by atoms with Gasteiger partial charge in [0.15, 0.2) is 0 Å². The van der Waals surface area contributed by atoms with Crippen molar-refractivity contribution in [3.8, 4) is 0 Å². The predicted molar refractivity (Wildman–Crippen MR) is 83.8 cm³/mol. The number of hydrogen-bond acceptors (Lipinski definition) is 4. The summed E-state index contributed by atoms with van der Waals surface area (Å²) in [6.45, 7) is 4.53. The number of amides is 1. The summed E-state index contributed by atoms with van der Waals surface area (Å²) >= 11 is 1.75. The van der Waals surface area contributed by atoms with Crippen LogP contribution >= 0.6 is 11.3 Å². The molecule has 2 heterocycles. The van der Waals surface area contributed by atoms with Gasteiger partial charge in [-0.25, -0.2) is 0 Å². The fraction of sp³-hybridized carbons (Fsp3) is 0.667. The van der Waals surface area contributed by atoms with Gasteiger partial charge >= 0.3 is 0 Å². The van der Waals surface area contributed by atoms with Crippen LogP contribution in [0.25, 0.3) is 0 Å². The van der Waals surface area contributed by atoms with Crippen LogP contribution in [-0.2, 0) is 4.79 Å². The Morgan fingerprint density at radius 2 is 2.20 bits per heavy atom. The lowest BCUT2D eigenvalue weighted by atomic mass is 10.1. The molecule has 1 aromatic rings. The summed E-state index contributed by atoms with van der Waals surface area (Å²) in [7, 11) is 2.07. The monoisotopic (exact) mass is 295 g/mol. The molecule has 2 atom stereocenters. The largest absolute Gasteiger partial charge is 0.343 e. The number of nitrogens with zero attached hydrogens (tertiary/aromatic N) is 2. The van der Waals surface area contributed by atoms with Crippen LogP contribution in [0.3, 0.4) is 0 Å². The normalized spacial score (nSPS) is 18.5. The molecule has 0 radical (unpaired) electrons. The molecule has 2 unspecified atom stereocenters. The zero-order valence-electron chi connectivity index (χ0n) is 12.4. The number of hydrogen-bond donors (Lipinski definition) is 1. The van der Waals surface area contributed by atoms with Gasteiger partial charge < -0.3 is 10.6 Å². The molecule has 1 aromatic heterocycles. The van der Waals surface area contributed by atoms with Crippen LogP contribution in [0.15, 0.2) is 17.5 Å². The third kappa shape index (κ3) is 3.59. The van der Waals surface area contributed by atoms with Crippen molar-refractivity contribution in [2.45, 2.75) is 38.3 Å². The molecule has 20 heavy (non-hydrogen) atoms. The minimum Gasteiger partial charge on any atom is -0.343 e. The minimum absolute atomic E-state index is 0.111. The standard InChI is InChI=1S/C15H25N3OS/c1-12(14-6-5-9-20-14)17(2)13(11-16)10-15(19)18-7-3-4-8-18/h5-6,9,12-13H,3-4,7-8,10-11,16H2,1-2H3. The molecule has 2 rings (SSSR count). The van der Waals surface area contributed by atoms with Gasteiger partial charge in [0.2, 0.25) is 5.91 Å². The number of nitrogens with two attached hydrogens (primary N) is 1. The van der Waals surface area contributed by atoms with Crippen molar-refractivity contribution in [2.75, 3.05) is 26.7 Å². The highest BCUT2D eigenvalue weighted by atomic mass is 32.1. The molecule has 0 saturated carbocycles. The van der Waals surface area contributed by atoms with Crippen molar-refractivity contribution >= 4 is 17.2 Å². The van der Waals surface area contributed by atoms with Crippen LogP contribution in [0.4, 0.5) is 0 Å². The average molecular weight is 295 g/mol. The highest BCUT2D eigenvalue weighted by Gasteiger charge is 2.26. The Bertz CT molecular complexity index is 415. The van der Waals surface area contributed by atoms with Crippen molar-refractivity contribution in [1.29, 1.82) is 0 Å². The molecular formula is C15H25N3OS. The molecule has 1 aliphatic heterocycles. The lowest BCUT2D eigenvalue weighted by Crippen LogP contribution is -2.43. The third-order valence-corrected chi connectivity index (χ3v) is 5.33. The zero-order chi connectivity index (χ0) is 14.5. The first kappa shape index (κ1) is 15.5. The minimum atomic E-state index is 0.111. The van der Waals surface area contributed by atoms with Gasteiger partial charge in [0.25, 0.3) is 0 Å². The van der Waals surface area contributed by atoms with E-state index in [9.17, 15) is 4.79 Å². The summed E-state index contributed by atoms with van der Waals surface area (Å²) in [5.74, 6) is 0.253. The van der Waals surface area contributed by atoms with Crippen molar-refractivity contribution in [2.24, 2.45) is 5.73 Å². The van der Waals surface area contributed by atoms with Gasteiger partial charge in [-0.2, -0.15) is 0 Å². The summed E-state index contributed by atoms with van der Waals surface area (Å²) in [6.07, 6.45) is 2.81. The Balaban J connectivity index is 1.94. The quantitative estimate of drug-likeness (QED) is 0.874. The molecule has 2 N–H and O–H groups in total. The molecule has 0 aromatic carbocycles. The fourth-order valence-corrected chi connectivity index (χ4v) is 3.57. The molecule has 0 aliphatic carbocycles. The van der Waals surface area contributed by atoms with Crippen molar-refractivity contribution in [1.82, 2.24) is 9.80 Å². The van der Waals surface area contributed by atoms with Gasteiger partial charge in [-0.3, -0.25) is 9.69 Å². The van der Waals surface area contributed by atoms with E-state index in [2.05, 4.69) is 36.4 Å². The van der Waals surface area contributed by atoms with Gasteiger partial charge in [-0.05, 0) is 38.3 Å². The van der Waals surface area contributed by atoms with Gasteiger partial charge in [0.1, 0.15) is 0 Å². The van der Waals surface area contributed by atoms with Crippen molar-refractivity contribution < 1.29 is 4.79 Å². The van der Waals surface area contributed by atoms with E-state index in [1.54, 1.807) is 11.3 Å². The van der Waals surface area contributed by atoms with Crippen molar-refractivity contribution in [3.05, 3.63) is 22.4 Å². The van der Waals surface area contributed by atoms with E-state index in [0.717, 1.165) is 25.9 Å². The van der Waals surface area contributed by atoms with Crippen LogP contribution in [0.1, 0.15) is 37.1 Å². The van der Waals surface area contributed by atoms with Gasteiger partial charge in [-0.15, -0.1) is 11.3 Å². The molecule has 1 fully saturated rings. The SMILES string of the molecule is CC(c1cccs1)N(C)C(CN)CC(=O)N1CCCC1. The maximum Gasteiger partial charge on any atom is 0.224 e. The molecule has 0 bridgehead atoms. The van der Waals surface area contributed by atoms with E-state index < -0.39 is 0 Å². The van der Waals surface area contributed by atoms with Crippen LogP contribution in [0, 0.1) is 0 Å². The first-order valence-electron chi connectivity index (χ1n) is 7.36. The second kappa shape index (κ2) is 7.20. The Hall–Kier alpha value is -0.910. The Morgan fingerprint density at radius 1 is 1.50 bits per heavy atom. The fourth-order valence-electron chi connectivity index (χ4n) is 2.74. The molecule has 1 aliphatic rings. The van der Waals surface area contributed by atoms with Crippen LogP contribution < -0.4 is 5.73 Å². The zero-order valence-corrected chi connectivity index (χ0v) is 13.2.